The van der Waals surface area contributed by atoms with Crippen molar-refractivity contribution in [2.75, 3.05) is 18.0 Å². The summed E-state index contributed by atoms with van der Waals surface area (Å²) in [6, 6.07) is 4.74. The van der Waals surface area contributed by atoms with E-state index < -0.39 is 4.92 Å². The Morgan fingerprint density at radius 2 is 1.89 bits per heavy atom. The normalized spacial score (nSPS) is 22.6. The van der Waals surface area contributed by atoms with Crippen molar-refractivity contribution in [1.29, 1.82) is 0 Å². The van der Waals surface area contributed by atoms with Crippen LogP contribution in [0.4, 0.5) is 11.4 Å². The highest BCUT2D eigenvalue weighted by molar-refractivity contribution is 5.95. The standard InChI is InChI=1S/C14H18N2O3/c1-9-7-15(8-10(9)2)13-5-4-12(11(3)17)6-14(13)16(18)19/h4-6,9-10H,7-8H2,1-3H3. The Kier molecular flexibility index (Phi) is 3.55. The highest BCUT2D eigenvalue weighted by Crippen LogP contribution is 2.34. The smallest absolute Gasteiger partial charge is 0.293 e. The second-order valence-corrected chi connectivity index (χ2v) is 5.38. The Hall–Kier alpha value is -1.91. The van der Waals surface area contributed by atoms with Crippen LogP contribution in [0, 0.1) is 22.0 Å². The third-order valence-corrected chi connectivity index (χ3v) is 3.91. The first kappa shape index (κ1) is 13.5. The molecule has 2 atom stereocenters. The summed E-state index contributed by atoms with van der Waals surface area (Å²) in [6.45, 7) is 7.36. The number of carbonyl (C=O) groups excluding carboxylic acids is 1. The van der Waals surface area contributed by atoms with Crippen molar-refractivity contribution in [2.24, 2.45) is 11.8 Å². The maximum Gasteiger partial charge on any atom is 0.293 e. The molecule has 0 spiro atoms. The summed E-state index contributed by atoms with van der Waals surface area (Å²) in [6.07, 6.45) is 0. The molecule has 0 bridgehead atoms. The van der Waals surface area contributed by atoms with Crippen molar-refractivity contribution in [1.82, 2.24) is 0 Å². The van der Waals surface area contributed by atoms with E-state index in [1.54, 1.807) is 12.1 Å². The Labute approximate surface area is 112 Å². The molecule has 102 valence electrons. The minimum Gasteiger partial charge on any atom is -0.365 e. The summed E-state index contributed by atoms with van der Waals surface area (Å²) < 4.78 is 0. The molecule has 1 aliphatic heterocycles. The number of hydrogen-bond donors (Lipinski definition) is 0. The molecule has 1 aromatic rings. The van der Waals surface area contributed by atoms with Gasteiger partial charge in [0, 0.05) is 24.7 Å². The minimum absolute atomic E-state index is 0.0222. The zero-order valence-corrected chi connectivity index (χ0v) is 11.4. The van der Waals surface area contributed by atoms with Gasteiger partial charge < -0.3 is 4.90 Å². The van der Waals surface area contributed by atoms with Crippen LogP contribution >= 0.6 is 0 Å². The van der Waals surface area contributed by atoms with E-state index in [4.69, 9.17) is 0 Å². The molecular formula is C14H18N2O3. The van der Waals surface area contributed by atoms with Crippen LogP contribution in [0.1, 0.15) is 31.1 Å². The summed E-state index contributed by atoms with van der Waals surface area (Å²) in [4.78, 5) is 24.1. The zero-order chi connectivity index (χ0) is 14.2. The molecule has 0 aromatic heterocycles. The van der Waals surface area contributed by atoms with Crippen LogP contribution in [-0.4, -0.2) is 23.8 Å². The molecule has 0 saturated carbocycles. The number of rotatable bonds is 3. The molecule has 1 aliphatic rings. The second-order valence-electron chi connectivity index (χ2n) is 5.38. The lowest BCUT2D eigenvalue weighted by Crippen LogP contribution is -2.20. The molecule has 1 saturated heterocycles. The van der Waals surface area contributed by atoms with Gasteiger partial charge in [-0.05, 0) is 30.9 Å². The van der Waals surface area contributed by atoms with Gasteiger partial charge in [-0.25, -0.2) is 0 Å². The third kappa shape index (κ3) is 2.59. The van der Waals surface area contributed by atoms with E-state index in [9.17, 15) is 14.9 Å². The first-order chi connectivity index (χ1) is 8.90. The number of ketones is 1. The van der Waals surface area contributed by atoms with Crippen molar-refractivity contribution in [3.05, 3.63) is 33.9 Å². The van der Waals surface area contributed by atoms with E-state index in [-0.39, 0.29) is 11.5 Å². The van der Waals surface area contributed by atoms with Crippen LogP contribution in [0.3, 0.4) is 0 Å². The molecule has 0 N–H and O–H groups in total. The van der Waals surface area contributed by atoms with Gasteiger partial charge in [-0.3, -0.25) is 14.9 Å². The average molecular weight is 262 g/mol. The average Bonchev–Trinajstić information content (AvgIpc) is 2.68. The fraction of sp³-hybridized carbons (Fsp3) is 0.500. The van der Waals surface area contributed by atoms with Crippen LogP contribution in [0.5, 0.6) is 0 Å². The van der Waals surface area contributed by atoms with Crippen LogP contribution in [0.15, 0.2) is 18.2 Å². The van der Waals surface area contributed by atoms with E-state index in [2.05, 4.69) is 13.8 Å². The number of hydrogen-bond acceptors (Lipinski definition) is 4. The van der Waals surface area contributed by atoms with Gasteiger partial charge in [-0.15, -0.1) is 0 Å². The minimum atomic E-state index is -0.407. The summed E-state index contributed by atoms with van der Waals surface area (Å²) >= 11 is 0. The lowest BCUT2D eigenvalue weighted by atomic mass is 10.0. The van der Waals surface area contributed by atoms with E-state index in [0.29, 0.717) is 23.1 Å². The fourth-order valence-electron chi connectivity index (χ4n) is 2.48. The first-order valence-electron chi connectivity index (χ1n) is 6.44. The van der Waals surface area contributed by atoms with Gasteiger partial charge in [0.1, 0.15) is 5.69 Å². The highest BCUT2D eigenvalue weighted by Gasteiger charge is 2.30. The van der Waals surface area contributed by atoms with Gasteiger partial charge in [0.2, 0.25) is 0 Å². The highest BCUT2D eigenvalue weighted by atomic mass is 16.6. The monoisotopic (exact) mass is 262 g/mol. The fourth-order valence-corrected chi connectivity index (χ4v) is 2.48. The third-order valence-electron chi connectivity index (χ3n) is 3.91. The molecule has 0 aliphatic carbocycles. The maximum atomic E-state index is 11.3. The number of anilines is 1. The molecule has 2 rings (SSSR count). The lowest BCUT2D eigenvalue weighted by Gasteiger charge is -2.18. The molecule has 1 heterocycles. The van der Waals surface area contributed by atoms with Crippen LogP contribution in [-0.2, 0) is 0 Å². The van der Waals surface area contributed by atoms with Gasteiger partial charge in [0.05, 0.1) is 4.92 Å². The molecule has 0 radical (unpaired) electrons. The van der Waals surface area contributed by atoms with E-state index in [0.717, 1.165) is 13.1 Å². The van der Waals surface area contributed by atoms with Crippen molar-refractivity contribution in [3.63, 3.8) is 0 Å². The molecule has 5 heteroatoms. The van der Waals surface area contributed by atoms with Gasteiger partial charge in [-0.2, -0.15) is 0 Å². The van der Waals surface area contributed by atoms with Gasteiger partial charge in [0.15, 0.2) is 5.78 Å². The largest absolute Gasteiger partial charge is 0.365 e. The SMILES string of the molecule is CC(=O)c1ccc(N2CC(C)C(C)C2)c([N+](=O)[O-])c1. The summed E-state index contributed by atoms with van der Waals surface area (Å²) in [7, 11) is 0. The Morgan fingerprint density at radius 3 is 2.37 bits per heavy atom. The Bertz CT molecular complexity index is 517. The first-order valence-corrected chi connectivity index (χ1v) is 6.44. The summed E-state index contributed by atoms with van der Waals surface area (Å²) in [5.41, 5.74) is 1.02. The zero-order valence-electron chi connectivity index (χ0n) is 11.4. The molecule has 19 heavy (non-hydrogen) atoms. The number of benzene rings is 1. The van der Waals surface area contributed by atoms with E-state index in [1.165, 1.54) is 13.0 Å². The number of carbonyl (C=O) groups is 1. The predicted octanol–water partition coefficient (Wildman–Crippen LogP) is 2.89. The molecule has 5 nitrogen and oxygen atoms in total. The van der Waals surface area contributed by atoms with Gasteiger partial charge in [0.25, 0.3) is 5.69 Å². The van der Waals surface area contributed by atoms with Crippen LogP contribution < -0.4 is 4.90 Å². The number of nitro groups is 1. The number of nitro benzene ring substituents is 1. The molecule has 1 aromatic carbocycles. The Morgan fingerprint density at radius 1 is 1.32 bits per heavy atom. The predicted molar refractivity (Wildman–Crippen MR) is 73.6 cm³/mol. The number of Topliss-reactive ketones (excluding diaryl/α,β-unsaturated/α-hetero) is 1. The topological polar surface area (TPSA) is 63.5 Å². The van der Waals surface area contributed by atoms with Crippen LogP contribution in [0.25, 0.3) is 0 Å². The van der Waals surface area contributed by atoms with E-state index in [1.807, 2.05) is 4.90 Å². The van der Waals surface area contributed by atoms with Crippen molar-refractivity contribution >= 4 is 17.2 Å². The van der Waals surface area contributed by atoms with Gasteiger partial charge in [-0.1, -0.05) is 13.8 Å². The summed E-state index contributed by atoms with van der Waals surface area (Å²) in [5, 5.41) is 11.2. The number of nitrogens with zero attached hydrogens (tertiary/aromatic N) is 2. The molecule has 2 unspecified atom stereocenters. The Balaban J connectivity index is 2.40. The van der Waals surface area contributed by atoms with Crippen molar-refractivity contribution in [2.45, 2.75) is 20.8 Å². The quantitative estimate of drug-likeness (QED) is 0.477. The second kappa shape index (κ2) is 4.99. The van der Waals surface area contributed by atoms with Crippen molar-refractivity contribution < 1.29 is 9.72 Å². The van der Waals surface area contributed by atoms with E-state index >= 15 is 0 Å². The van der Waals surface area contributed by atoms with Gasteiger partial charge >= 0.3 is 0 Å². The summed E-state index contributed by atoms with van der Waals surface area (Å²) in [5.74, 6) is 0.886. The lowest BCUT2D eigenvalue weighted by molar-refractivity contribution is -0.384. The van der Waals surface area contributed by atoms with Crippen molar-refractivity contribution in [3.8, 4) is 0 Å². The molecule has 0 amide bonds. The van der Waals surface area contributed by atoms with Crippen LogP contribution in [0.2, 0.25) is 0 Å². The maximum absolute atomic E-state index is 11.3. The molecule has 1 fully saturated rings. The molecular weight excluding hydrogens is 244 g/mol.